The van der Waals surface area contributed by atoms with Crippen molar-refractivity contribution in [2.75, 3.05) is 105 Å². The van der Waals surface area contributed by atoms with Gasteiger partial charge >= 0.3 is 17.9 Å². The van der Waals surface area contributed by atoms with Crippen molar-refractivity contribution >= 4 is 47.8 Å². The third kappa shape index (κ3) is 15.7. The Hall–Kier alpha value is -5.92. The van der Waals surface area contributed by atoms with Gasteiger partial charge in [0.15, 0.2) is 0 Å². The van der Waals surface area contributed by atoms with Crippen molar-refractivity contribution in [1.29, 1.82) is 5.26 Å². The van der Waals surface area contributed by atoms with Crippen LogP contribution in [0.4, 0.5) is 8.78 Å². The number of rotatable bonds is 16. The number of hydrogen-bond acceptors (Lipinski definition) is 13. The number of nitrogens with one attached hydrogen (secondary N) is 1. The monoisotopic (exact) mass is 895 g/mol. The number of benzene rings is 1. The van der Waals surface area contributed by atoms with Gasteiger partial charge in [0.2, 0.25) is 11.8 Å². The van der Waals surface area contributed by atoms with Gasteiger partial charge in [-0.15, -0.1) is 0 Å². The van der Waals surface area contributed by atoms with Crippen LogP contribution in [0.15, 0.2) is 42.7 Å². The molecule has 0 bridgehead atoms. The van der Waals surface area contributed by atoms with Crippen molar-refractivity contribution in [3.8, 4) is 6.07 Å². The summed E-state index contributed by atoms with van der Waals surface area (Å²) in [6.45, 7) is 1.75. The third-order valence-corrected chi connectivity index (χ3v) is 11.3. The highest BCUT2D eigenvalue weighted by Crippen LogP contribution is 2.31. The second-order valence-electron chi connectivity index (χ2n) is 16.1. The number of hydrogen-bond donors (Lipinski definition) is 4. The van der Waals surface area contributed by atoms with E-state index >= 15 is 0 Å². The van der Waals surface area contributed by atoms with Crippen LogP contribution in [0.5, 0.6) is 0 Å². The molecular weight excluding hydrogens is 841 g/mol. The van der Waals surface area contributed by atoms with Crippen LogP contribution in [0.1, 0.15) is 46.3 Å². The topological polar surface area (TPSA) is 240 Å². The second kappa shape index (κ2) is 23.7. The molecule has 1 aromatic carbocycles. The lowest BCUT2D eigenvalue weighted by atomic mass is 10.1. The van der Waals surface area contributed by atoms with Gasteiger partial charge in [-0.2, -0.15) is 5.26 Å². The van der Waals surface area contributed by atoms with Crippen LogP contribution >= 0.6 is 0 Å². The Bertz CT molecular complexity index is 2000. The molecule has 19 nitrogen and oxygen atoms in total. The Kier molecular flexibility index (Phi) is 18.2. The predicted octanol–water partition coefficient (Wildman–Crippen LogP) is 0.725. The predicted molar refractivity (Wildman–Crippen MR) is 226 cm³/mol. The molecule has 5 rings (SSSR count). The van der Waals surface area contributed by atoms with Crippen molar-refractivity contribution in [2.45, 2.75) is 43.9 Å². The van der Waals surface area contributed by atoms with E-state index in [4.69, 9.17) is 4.74 Å². The molecule has 64 heavy (non-hydrogen) atoms. The number of halogens is 2. The normalized spacial score (nSPS) is 20.0. The number of aliphatic carboxylic acids is 3. The van der Waals surface area contributed by atoms with Gasteiger partial charge in [0.05, 0.1) is 58.0 Å². The lowest BCUT2D eigenvalue weighted by Crippen LogP contribution is -2.51. The van der Waals surface area contributed by atoms with Gasteiger partial charge in [0.25, 0.3) is 11.8 Å². The summed E-state index contributed by atoms with van der Waals surface area (Å²) in [5.41, 5.74) is 2.43. The molecule has 2 aromatic rings. The van der Waals surface area contributed by atoms with E-state index in [0.717, 1.165) is 16.0 Å². The lowest BCUT2D eigenvalue weighted by Gasteiger charge is -2.35. The molecule has 0 radical (unpaired) electrons. The summed E-state index contributed by atoms with van der Waals surface area (Å²) in [6.07, 6.45) is 6.81. The van der Waals surface area contributed by atoms with E-state index in [1.54, 1.807) is 37.8 Å². The molecule has 3 fully saturated rings. The highest BCUT2D eigenvalue weighted by Gasteiger charge is 2.47. The Morgan fingerprint density at radius 2 is 1.30 bits per heavy atom. The van der Waals surface area contributed by atoms with E-state index < -0.39 is 61.2 Å². The van der Waals surface area contributed by atoms with Crippen molar-refractivity contribution < 1.29 is 57.6 Å². The molecule has 4 N–H and O–H groups in total. The number of likely N-dealkylation sites (tertiary alicyclic amines) is 2. The van der Waals surface area contributed by atoms with Crippen molar-refractivity contribution in [3.63, 3.8) is 0 Å². The van der Waals surface area contributed by atoms with Crippen LogP contribution in [0.25, 0.3) is 12.2 Å². The van der Waals surface area contributed by atoms with E-state index in [0.29, 0.717) is 77.4 Å². The number of piperidine rings is 1. The van der Waals surface area contributed by atoms with Crippen molar-refractivity contribution in [3.05, 3.63) is 65.0 Å². The summed E-state index contributed by atoms with van der Waals surface area (Å²) in [7, 11) is 0. The number of carbonyl (C=O) groups excluding carboxylic acids is 3. The first-order valence-electron chi connectivity index (χ1n) is 21.1. The second-order valence-corrected chi connectivity index (χ2v) is 16.1. The van der Waals surface area contributed by atoms with Gasteiger partial charge in [-0.05, 0) is 30.0 Å². The van der Waals surface area contributed by atoms with Crippen LogP contribution in [0.3, 0.4) is 0 Å². The standard InChI is InChI=1S/C43H55F2N9O10/c44-43(45)21-34(22-46)54(30-43)37(55)24-48-42(63)36-7-10-47-23-33(36)6-5-31-1-3-32(4-2-31)29-64-35-8-11-53(12-9-35)38(56)25-49-13-15-50(26-39(57)58)17-19-52(28-41(61)62)20-18-51(16-14-49)27-40(59)60/h1-7,10,23,34-35H,8-9,11-21,24-30H2,(H,48,63)(H,57,58)(H,59,60)(H,61,62)/b6-5+/t34-/m0/s1. The quantitative estimate of drug-likeness (QED) is 0.182. The molecule has 21 heteroatoms. The van der Waals surface area contributed by atoms with Gasteiger partial charge in [-0.1, -0.05) is 36.4 Å². The van der Waals surface area contributed by atoms with Crippen molar-refractivity contribution in [1.82, 2.24) is 39.7 Å². The Labute approximate surface area is 369 Å². The van der Waals surface area contributed by atoms with Crippen LogP contribution in [0.2, 0.25) is 0 Å². The van der Waals surface area contributed by atoms with E-state index in [2.05, 4.69) is 10.3 Å². The zero-order chi connectivity index (χ0) is 46.2. The van der Waals surface area contributed by atoms with Gasteiger partial charge in [-0.3, -0.25) is 53.4 Å². The SMILES string of the molecule is N#C[C@@H]1CC(F)(F)CN1C(=O)CNC(=O)c1ccncc1/C=C/c1ccc(COC2CCN(C(=O)CN3CCN(CC(=O)O)CCN(CC(=O)O)CCN(CC(=O)O)CC3)CC2)cc1. The zero-order valence-electron chi connectivity index (χ0n) is 35.5. The van der Waals surface area contributed by atoms with Crippen LogP contribution in [-0.2, 0) is 35.3 Å². The zero-order valence-corrected chi connectivity index (χ0v) is 35.5. The van der Waals surface area contributed by atoms with E-state index in [1.807, 2.05) is 29.2 Å². The maximum atomic E-state index is 13.8. The van der Waals surface area contributed by atoms with Crippen LogP contribution in [0, 0.1) is 11.3 Å². The first-order chi connectivity index (χ1) is 30.6. The molecule has 1 aromatic heterocycles. The molecule has 4 heterocycles. The number of aromatic nitrogens is 1. The summed E-state index contributed by atoms with van der Waals surface area (Å²) in [5, 5.41) is 40.0. The number of alkyl halides is 2. The number of carboxylic acid groups (broad SMARTS) is 3. The van der Waals surface area contributed by atoms with E-state index in [-0.39, 0.29) is 56.8 Å². The highest BCUT2D eigenvalue weighted by atomic mass is 19.3. The maximum Gasteiger partial charge on any atom is 0.317 e. The Morgan fingerprint density at radius 3 is 1.81 bits per heavy atom. The van der Waals surface area contributed by atoms with Crippen LogP contribution in [-0.4, -0.2) is 208 Å². The molecule has 3 saturated heterocycles. The average molecular weight is 896 g/mol. The number of pyridine rings is 1. The number of nitrogens with zero attached hydrogens (tertiary/aromatic N) is 8. The summed E-state index contributed by atoms with van der Waals surface area (Å²) >= 11 is 0. The van der Waals surface area contributed by atoms with Gasteiger partial charge in [0.1, 0.15) is 6.04 Å². The summed E-state index contributed by atoms with van der Waals surface area (Å²) < 4.78 is 33.8. The molecule has 0 saturated carbocycles. The molecule has 346 valence electrons. The van der Waals surface area contributed by atoms with E-state index in [1.165, 1.54) is 18.5 Å². The largest absolute Gasteiger partial charge is 0.480 e. The van der Waals surface area contributed by atoms with E-state index in [9.17, 15) is 58.1 Å². The first kappa shape index (κ1) is 49.1. The third-order valence-electron chi connectivity index (χ3n) is 11.3. The van der Waals surface area contributed by atoms with Crippen LogP contribution < -0.4 is 5.32 Å². The Balaban J connectivity index is 1.08. The summed E-state index contributed by atoms with van der Waals surface area (Å²) in [4.78, 5) is 87.5. The summed E-state index contributed by atoms with van der Waals surface area (Å²) in [6, 6.07) is 9.52. The minimum absolute atomic E-state index is 0.0741. The fourth-order valence-corrected chi connectivity index (χ4v) is 7.77. The van der Waals surface area contributed by atoms with Gasteiger partial charge in [0, 0.05) is 95.4 Å². The lowest BCUT2D eigenvalue weighted by molar-refractivity contribution is -0.141. The Morgan fingerprint density at radius 1 is 0.766 bits per heavy atom. The number of carboxylic acids is 3. The number of carbonyl (C=O) groups is 6. The highest BCUT2D eigenvalue weighted by molar-refractivity contribution is 6.00. The van der Waals surface area contributed by atoms with Gasteiger partial charge < -0.3 is 35.2 Å². The molecule has 3 aliphatic rings. The maximum absolute atomic E-state index is 13.8. The minimum atomic E-state index is -3.16. The molecule has 0 aliphatic carbocycles. The van der Waals surface area contributed by atoms with Crippen molar-refractivity contribution in [2.24, 2.45) is 0 Å². The summed E-state index contributed by atoms with van der Waals surface area (Å²) in [5.74, 6) is -7.70. The molecule has 3 amide bonds. The fraction of sp³-hybridized carbons (Fsp3) is 0.535. The first-order valence-corrected chi connectivity index (χ1v) is 21.1. The molecule has 3 aliphatic heterocycles. The molecular formula is C43H55F2N9O10. The molecule has 0 unspecified atom stereocenters. The molecule has 1 atom stereocenters. The number of amides is 3. The molecule has 0 spiro atoms. The van der Waals surface area contributed by atoms with Gasteiger partial charge in [-0.25, -0.2) is 8.78 Å². The average Bonchev–Trinajstić information content (AvgIpc) is 3.59. The number of nitriles is 1. The number of ether oxygens (including phenoxy) is 1. The smallest absolute Gasteiger partial charge is 0.317 e. The fourth-order valence-electron chi connectivity index (χ4n) is 7.77. The minimum Gasteiger partial charge on any atom is -0.480 e.